The molecule has 0 heterocycles. The molecular weight excluding hydrogens is 206 g/mol. The van der Waals surface area contributed by atoms with Crippen LogP contribution in [-0.4, -0.2) is 12.1 Å². The topological polar surface area (TPSA) is 12.0 Å². The Hall–Kier alpha value is -0.0400. The average molecular weight is 237 g/mol. The van der Waals surface area contributed by atoms with Crippen LogP contribution in [0.4, 0.5) is 0 Å². The first kappa shape index (κ1) is 13.4. The summed E-state index contributed by atoms with van der Waals surface area (Å²) in [6, 6.07) is 1.57. The van der Waals surface area contributed by atoms with Crippen molar-refractivity contribution in [3.8, 4) is 0 Å². The predicted octanol–water partition coefficient (Wildman–Crippen LogP) is 4.37. The molecule has 0 aromatic carbocycles. The smallest absolute Gasteiger partial charge is 0.00698 e. The fourth-order valence-corrected chi connectivity index (χ4v) is 3.57. The third-order valence-corrected chi connectivity index (χ3v) is 5.31. The van der Waals surface area contributed by atoms with Crippen molar-refractivity contribution in [1.29, 1.82) is 0 Å². The van der Waals surface area contributed by atoms with Gasteiger partial charge in [0.2, 0.25) is 0 Å². The van der Waals surface area contributed by atoms with Crippen LogP contribution in [0.5, 0.6) is 0 Å². The van der Waals surface area contributed by atoms with Crippen LogP contribution in [0.25, 0.3) is 0 Å². The van der Waals surface area contributed by atoms with E-state index in [1.165, 1.54) is 44.9 Å². The van der Waals surface area contributed by atoms with Crippen molar-refractivity contribution in [2.75, 3.05) is 0 Å². The summed E-state index contributed by atoms with van der Waals surface area (Å²) < 4.78 is 0. The second kappa shape index (κ2) is 5.30. The summed E-state index contributed by atoms with van der Waals surface area (Å²) in [5.74, 6) is 1.93. The summed E-state index contributed by atoms with van der Waals surface area (Å²) in [6.45, 7) is 9.62. The van der Waals surface area contributed by atoms with Gasteiger partial charge < -0.3 is 5.32 Å². The Bertz CT molecular complexity index is 228. The van der Waals surface area contributed by atoms with Crippen LogP contribution < -0.4 is 5.32 Å². The molecule has 2 saturated carbocycles. The van der Waals surface area contributed by atoms with E-state index in [4.69, 9.17) is 0 Å². The van der Waals surface area contributed by atoms with E-state index < -0.39 is 0 Å². The van der Waals surface area contributed by atoms with Gasteiger partial charge in [0.1, 0.15) is 0 Å². The van der Waals surface area contributed by atoms with Gasteiger partial charge in [-0.25, -0.2) is 0 Å². The van der Waals surface area contributed by atoms with E-state index >= 15 is 0 Å². The molecule has 0 aromatic rings. The summed E-state index contributed by atoms with van der Waals surface area (Å²) in [4.78, 5) is 0. The Balaban J connectivity index is 1.71. The molecule has 2 fully saturated rings. The van der Waals surface area contributed by atoms with E-state index in [-0.39, 0.29) is 0 Å². The molecule has 0 aromatic heterocycles. The van der Waals surface area contributed by atoms with Crippen LogP contribution in [0.3, 0.4) is 0 Å². The Morgan fingerprint density at radius 2 is 1.53 bits per heavy atom. The summed E-state index contributed by atoms with van der Waals surface area (Å²) in [6.07, 6.45) is 10.1. The minimum absolute atomic E-state index is 0.518. The molecule has 2 aliphatic rings. The van der Waals surface area contributed by atoms with Crippen molar-refractivity contribution in [1.82, 2.24) is 5.32 Å². The van der Waals surface area contributed by atoms with E-state index in [0.29, 0.717) is 5.41 Å². The number of hydrogen-bond donors (Lipinski definition) is 1. The molecule has 0 radical (unpaired) electrons. The highest BCUT2D eigenvalue weighted by Crippen LogP contribution is 2.38. The first-order valence-corrected chi connectivity index (χ1v) is 7.73. The standard InChI is InChI=1S/C16H31N/c1-12(13-6-5-7-13)17-15-10-8-14(9-11-15)16(2,3)4/h12-15,17H,5-11H2,1-4H3. The van der Waals surface area contributed by atoms with Gasteiger partial charge in [-0.05, 0) is 62.7 Å². The number of rotatable bonds is 3. The Labute approximate surface area is 108 Å². The van der Waals surface area contributed by atoms with E-state index in [1.54, 1.807) is 0 Å². The fourth-order valence-electron chi connectivity index (χ4n) is 3.57. The molecule has 0 spiro atoms. The van der Waals surface area contributed by atoms with Gasteiger partial charge in [-0.2, -0.15) is 0 Å². The molecule has 1 heteroatoms. The third-order valence-electron chi connectivity index (χ3n) is 5.31. The number of nitrogens with one attached hydrogen (secondary N) is 1. The zero-order chi connectivity index (χ0) is 12.5. The molecular formula is C16H31N. The van der Waals surface area contributed by atoms with Crippen LogP contribution >= 0.6 is 0 Å². The van der Waals surface area contributed by atoms with E-state index in [0.717, 1.165) is 23.9 Å². The van der Waals surface area contributed by atoms with Gasteiger partial charge in [0, 0.05) is 12.1 Å². The van der Waals surface area contributed by atoms with Gasteiger partial charge in [-0.3, -0.25) is 0 Å². The van der Waals surface area contributed by atoms with Gasteiger partial charge in [-0.1, -0.05) is 27.2 Å². The molecule has 1 nitrogen and oxygen atoms in total. The van der Waals surface area contributed by atoms with Gasteiger partial charge in [0.15, 0.2) is 0 Å². The summed E-state index contributed by atoms with van der Waals surface area (Å²) in [5, 5.41) is 3.89. The molecule has 0 amide bonds. The molecule has 2 aliphatic carbocycles. The highest BCUT2D eigenvalue weighted by atomic mass is 15.0. The largest absolute Gasteiger partial charge is 0.311 e. The van der Waals surface area contributed by atoms with Crippen molar-refractivity contribution in [2.45, 2.75) is 84.7 Å². The average Bonchev–Trinajstić information content (AvgIpc) is 2.13. The van der Waals surface area contributed by atoms with Crippen molar-refractivity contribution in [2.24, 2.45) is 17.3 Å². The molecule has 2 rings (SSSR count). The third kappa shape index (κ3) is 3.47. The quantitative estimate of drug-likeness (QED) is 0.768. The van der Waals surface area contributed by atoms with Crippen molar-refractivity contribution in [3.05, 3.63) is 0 Å². The minimum Gasteiger partial charge on any atom is -0.311 e. The maximum absolute atomic E-state index is 3.89. The molecule has 0 aliphatic heterocycles. The highest BCUT2D eigenvalue weighted by Gasteiger charge is 2.31. The second-order valence-electron chi connectivity index (χ2n) is 7.56. The molecule has 100 valence electrons. The lowest BCUT2D eigenvalue weighted by Gasteiger charge is -2.40. The minimum atomic E-state index is 0.518. The van der Waals surface area contributed by atoms with E-state index in [9.17, 15) is 0 Å². The lowest BCUT2D eigenvalue weighted by Crippen LogP contribution is -2.45. The van der Waals surface area contributed by atoms with Gasteiger partial charge in [-0.15, -0.1) is 0 Å². The van der Waals surface area contributed by atoms with Crippen LogP contribution in [-0.2, 0) is 0 Å². The monoisotopic (exact) mass is 237 g/mol. The molecule has 1 unspecified atom stereocenters. The second-order valence-corrected chi connectivity index (χ2v) is 7.56. The Morgan fingerprint density at radius 1 is 0.941 bits per heavy atom. The van der Waals surface area contributed by atoms with Crippen LogP contribution in [0, 0.1) is 17.3 Å². The van der Waals surface area contributed by atoms with Crippen molar-refractivity contribution >= 4 is 0 Å². The van der Waals surface area contributed by atoms with Crippen LogP contribution in [0.1, 0.15) is 72.6 Å². The Morgan fingerprint density at radius 3 is 1.94 bits per heavy atom. The predicted molar refractivity (Wildman–Crippen MR) is 75.1 cm³/mol. The molecule has 17 heavy (non-hydrogen) atoms. The molecule has 1 atom stereocenters. The lowest BCUT2D eigenvalue weighted by atomic mass is 9.71. The van der Waals surface area contributed by atoms with Crippen LogP contribution in [0.15, 0.2) is 0 Å². The maximum atomic E-state index is 3.89. The fraction of sp³-hybridized carbons (Fsp3) is 1.00. The maximum Gasteiger partial charge on any atom is 0.00698 e. The van der Waals surface area contributed by atoms with E-state index in [1.807, 2.05) is 0 Å². The zero-order valence-electron chi connectivity index (χ0n) is 12.3. The van der Waals surface area contributed by atoms with Gasteiger partial charge >= 0.3 is 0 Å². The van der Waals surface area contributed by atoms with Crippen molar-refractivity contribution < 1.29 is 0 Å². The highest BCUT2D eigenvalue weighted by molar-refractivity contribution is 4.87. The Kier molecular flexibility index (Phi) is 4.18. The molecule has 0 bridgehead atoms. The summed E-state index contributed by atoms with van der Waals surface area (Å²) in [5.41, 5.74) is 0.518. The van der Waals surface area contributed by atoms with Gasteiger partial charge in [0.25, 0.3) is 0 Å². The lowest BCUT2D eigenvalue weighted by molar-refractivity contribution is 0.144. The molecule has 0 saturated heterocycles. The van der Waals surface area contributed by atoms with Crippen molar-refractivity contribution in [3.63, 3.8) is 0 Å². The first-order chi connectivity index (χ1) is 7.97. The zero-order valence-corrected chi connectivity index (χ0v) is 12.3. The van der Waals surface area contributed by atoms with E-state index in [2.05, 4.69) is 33.0 Å². The molecule has 1 N–H and O–H groups in total. The SMILES string of the molecule is CC(NC1CCC(C(C)(C)C)CC1)C1CCC1. The first-order valence-electron chi connectivity index (χ1n) is 7.73. The number of hydrogen-bond acceptors (Lipinski definition) is 1. The summed E-state index contributed by atoms with van der Waals surface area (Å²) >= 11 is 0. The normalized spacial score (nSPS) is 33.2. The summed E-state index contributed by atoms with van der Waals surface area (Å²) in [7, 11) is 0. The van der Waals surface area contributed by atoms with Gasteiger partial charge in [0.05, 0.1) is 0 Å². The van der Waals surface area contributed by atoms with Crippen LogP contribution in [0.2, 0.25) is 0 Å².